The molecule has 1 aliphatic rings. The standard InChI is InChI=1S/C14H18N2O3/c1-15-13(17)7-9-16-8-3-5-10-11(14(18)19)4-2-6-12(10)16/h2,4,6H,3,5,7-9H2,1H3,(H,15,17)(H,18,19). The summed E-state index contributed by atoms with van der Waals surface area (Å²) in [4.78, 5) is 24.6. The van der Waals surface area contributed by atoms with Crippen molar-refractivity contribution < 1.29 is 14.7 Å². The van der Waals surface area contributed by atoms with E-state index in [-0.39, 0.29) is 5.91 Å². The zero-order valence-corrected chi connectivity index (χ0v) is 11.0. The minimum Gasteiger partial charge on any atom is -0.478 e. The Morgan fingerprint density at radius 3 is 2.89 bits per heavy atom. The van der Waals surface area contributed by atoms with Crippen molar-refractivity contribution in [1.29, 1.82) is 0 Å². The van der Waals surface area contributed by atoms with Crippen molar-refractivity contribution in [2.45, 2.75) is 19.3 Å². The summed E-state index contributed by atoms with van der Waals surface area (Å²) in [5, 5.41) is 11.8. The van der Waals surface area contributed by atoms with Gasteiger partial charge in [0.1, 0.15) is 0 Å². The Morgan fingerprint density at radius 2 is 2.21 bits per heavy atom. The van der Waals surface area contributed by atoms with Crippen molar-refractivity contribution in [2.24, 2.45) is 0 Å². The van der Waals surface area contributed by atoms with Gasteiger partial charge in [-0.3, -0.25) is 4.79 Å². The second kappa shape index (κ2) is 5.73. The molecular weight excluding hydrogens is 244 g/mol. The molecule has 0 fully saturated rings. The number of carbonyl (C=O) groups is 2. The van der Waals surface area contributed by atoms with Gasteiger partial charge in [0, 0.05) is 32.2 Å². The SMILES string of the molecule is CNC(=O)CCN1CCCc2c(C(=O)O)cccc21. The Hall–Kier alpha value is -2.04. The van der Waals surface area contributed by atoms with Gasteiger partial charge in [0.2, 0.25) is 5.91 Å². The number of carboxylic acid groups (broad SMARTS) is 1. The quantitative estimate of drug-likeness (QED) is 0.857. The molecule has 2 N–H and O–H groups in total. The normalized spacial score (nSPS) is 13.8. The number of hydrogen-bond donors (Lipinski definition) is 2. The van der Waals surface area contributed by atoms with Gasteiger partial charge in [-0.25, -0.2) is 4.79 Å². The molecule has 1 amide bonds. The number of carbonyl (C=O) groups excluding carboxylic acids is 1. The molecule has 0 radical (unpaired) electrons. The van der Waals surface area contributed by atoms with Crippen LogP contribution in [0.15, 0.2) is 18.2 Å². The largest absolute Gasteiger partial charge is 0.478 e. The number of amides is 1. The van der Waals surface area contributed by atoms with E-state index >= 15 is 0 Å². The van der Waals surface area contributed by atoms with Crippen molar-refractivity contribution in [3.05, 3.63) is 29.3 Å². The van der Waals surface area contributed by atoms with Crippen LogP contribution in [0.25, 0.3) is 0 Å². The van der Waals surface area contributed by atoms with Crippen LogP contribution in [-0.2, 0) is 11.2 Å². The van der Waals surface area contributed by atoms with E-state index in [2.05, 4.69) is 10.2 Å². The third-order valence-electron chi connectivity index (χ3n) is 3.46. The Morgan fingerprint density at radius 1 is 1.42 bits per heavy atom. The van der Waals surface area contributed by atoms with E-state index < -0.39 is 5.97 Å². The number of fused-ring (bicyclic) bond motifs is 1. The molecule has 5 nitrogen and oxygen atoms in total. The first-order valence-electron chi connectivity index (χ1n) is 6.44. The Kier molecular flexibility index (Phi) is 4.04. The van der Waals surface area contributed by atoms with E-state index in [9.17, 15) is 14.7 Å². The zero-order chi connectivity index (χ0) is 13.8. The summed E-state index contributed by atoms with van der Waals surface area (Å²) in [6, 6.07) is 5.34. The maximum atomic E-state index is 11.3. The van der Waals surface area contributed by atoms with Crippen LogP contribution in [0, 0.1) is 0 Å². The summed E-state index contributed by atoms with van der Waals surface area (Å²) >= 11 is 0. The highest BCUT2D eigenvalue weighted by Crippen LogP contribution is 2.29. The highest BCUT2D eigenvalue weighted by atomic mass is 16.4. The number of carboxylic acids is 1. The van der Waals surface area contributed by atoms with Crippen LogP contribution in [0.1, 0.15) is 28.8 Å². The molecule has 0 bridgehead atoms. The van der Waals surface area contributed by atoms with Crippen LogP contribution in [0.5, 0.6) is 0 Å². The van der Waals surface area contributed by atoms with E-state index in [1.165, 1.54) is 0 Å². The minimum atomic E-state index is -0.884. The first-order valence-corrected chi connectivity index (χ1v) is 6.44. The molecule has 0 saturated carbocycles. The molecule has 0 aromatic heterocycles. The molecule has 1 aliphatic heterocycles. The fourth-order valence-electron chi connectivity index (χ4n) is 2.49. The van der Waals surface area contributed by atoms with Gasteiger partial charge in [-0.2, -0.15) is 0 Å². The van der Waals surface area contributed by atoms with E-state index in [0.717, 1.165) is 30.6 Å². The van der Waals surface area contributed by atoms with Crippen LogP contribution < -0.4 is 10.2 Å². The molecule has 1 heterocycles. The summed E-state index contributed by atoms with van der Waals surface area (Å²) in [5.41, 5.74) is 2.22. The van der Waals surface area contributed by atoms with Crippen LogP contribution >= 0.6 is 0 Å². The predicted octanol–water partition coefficient (Wildman–Crippen LogP) is 1.27. The molecule has 1 aromatic carbocycles. The summed E-state index contributed by atoms with van der Waals surface area (Å²) in [7, 11) is 1.62. The maximum Gasteiger partial charge on any atom is 0.336 e. The molecule has 5 heteroatoms. The van der Waals surface area contributed by atoms with E-state index in [1.54, 1.807) is 19.2 Å². The van der Waals surface area contributed by atoms with Crippen molar-refractivity contribution in [2.75, 3.05) is 25.0 Å². The number of benzene rings is 1. The van der Waals surface area contributed by atoms with Gasteiger partial charge < -0.3 is 15.3 Å². The van der Waals surface area contributed by atoms with Gasteiger partial charge in [0.05, 0.1) is 5.56 Å². The first-order chi connectivity index (χ1) is 9.13. The number of nitrogens with zero attached hydrogens (tertiary/aromatic N) is 1. The summed E-state index contributed by atoms with van der Waals surface area (Å²) < 4.78 is 0. The molecule has 0 aliphatic carbocycles. The molecule has 1 aromatic rings. The second-order valence-electron chi connectivity index (χ2n) is 4.62. The monoisotopic (exact) mass is 262 g/mol. The average Bonchev–Trinajstić information content (AvgIpc) is 2.43. The Balaban J connectivity index is 2.22. The van der Waals surface area contributed by atoms with Gasteiger partial charge in [-0.1, -0.05) is 6.07 Å². The van der Waals surface area contributed by atoms with Crippen molar-refractivity contribution >= 4 is 17.6 Å². The molecular formula is C14H18N2O3. The van der Waals surface area contributed by atoms with Crippen LogP contribution in [-0.4, -0.2) is 37.1 Å². The Bertz CT molecular complexity index is 499. The van der Waals surface area contributed by atoms with Gasteiger partial charge in [-0.15, -0.1) is 0 Å². The minimum absolute atomic E-state index is 0.00140. The average molecular weight is 262 g/mol. The lowest BCUT2D eigenvalue weighted by molar-refractivity contribution is -0.120. The van der Waals surface area contributed by atoms with Crippen molar-refractivity contribution in [3.63, 3.8) is 0 Å². The number of aromatic carboxylic acids is 1. The van der Waals surface area contributed by atoms with Gasteiger partial charge in [-0.05, 0) is 30.5 Å². The highest BCUT2D eigenvalue weighted by Gasteiger charge is 2.21. The lowest BCUT2D eigenvalue weighted by Crippen LogP contribution is -2.33. The van der Waals surface area contributed by atoms with Crippen molar-refractivity contribution in [3.8, 4) is 0 Å². The van der Waals surface area contributed by atoms with E-state index in [0.29, 0.717) is 18.5 Å². The third kappa shape index (κ3) is 2.86. The second-order valence-corrected chi connectivity index (χ2v) is 4.62. The van der Waals surface area contributed by atoms with Gasteiger partial charge in [0.15, 0.2) is 0 Å². The lowest BCUT2D eigenvalue weighted by atomic mass is 9.96. The van der Waals surface area contributed by atoms with Gasteiger partial charge in [0.25, 0.3) is 0 Å². The number of rotatable bonds is 4. The first kappa shape index (κ1) is 13.4. The molecule has 0 saturated heterocycles. The van der Waals surface area contributed by atoms with Gasteiger partial charge >= 0.3 is 5.97 Å². The third-order valence-corrected chi connectivity index (χ3v) is 3.46. The van der Waals surface area contributed by atoms with Crippen LogP contribution in [0.2, 0.25) is 0 Å². The Labute approximate surface area is 112 Å². The number of hydrogen-bond acceptors (Lipinski definition) is 3. The predicted molar refractivity (Wildman–Crippen MR) is 72.6 cm³/mol. The fourth-order valence-corrected chi connectivity index (χ4v) is 2.49. The van der Waals surface area contributed by atoms with E-state index in [1.807, 2.05) is 6.07 Å². The maximum absolute atomic E-state index is 11.3. The molecule has 0 atom stereocenters. The summed E-state index contributed by atoms with van der Waals surface area (Å²) in [6.07, 6.45) is 2.13. The fraction of sp³-hybridized carbons (Fsp3) is 0.429. The van der Waals surface area contributed by atoms with Crippen LogP contribution in [0.3, 0.4) is 0 Å². The smallest absolute Gasteiger partial charge is 0.336 e. The topological polar surface area (TPSA) is 69.6 Å². The molecule has 0 unspecified atom stereocenters. The molecule has 19 heavy (non-hydrogen) atoms. The number of nitrogens with one attached hydrogen (secondary N) is 1. The summed E-state index contributed by atoms with van der Waals surface area (Å²) in [6.45, 7) is 1.49. The molecule has 0 spiro atoms. The zero-order valence-electron chi connectivity index (χ0n) is 11.0. The molecule has 2 rings (SSSR count). The lowest BCUT2D eigenvalue weighted by Gasteiger charge is -2.31. The summed E-state index contributed by atoms with van der Waals surface area (Å²) in [5.74, 6) is -0.883. The van der Waals surface area contributed by atoms with Crippen LogP contribution in [0.4, 0.5) is 5.69 Å². The van der Waals surface area contributed by atoms with Crippen molar-refractivity contribution in [1.82, 2.24) is 5.32 Å². The van der Waals surface area contributed by atoms with E-state index in [4.69, 9.17) is 0 Å². The molecule has 102 valence electrons. The highest BCUT2D eigenvalue weighted by molar-refractivity contribution is 5.91. The number of anilines is 1.